The number of hydrogen-bond acceptors (Lipinski definition) is 2. The summed E-state index contributed by atoms with van der Waals surface area (Å²) in [6.07, 6.45) is -2.80. The first kappa shape index (κ1) is 11.9. The van der Waals surface area contributed by atoms with Gasteiger partial charge in [0.05, 0.1) is 0 Å². The minimum Gasteiger partial charge on any atom is -0.164 e. The predicted octanol–water partition coefficient (Wildman–Crippen LogP) is 3.08. The zero-order chi connectivity index (χ0) is 11.7. The van der Waals surface area contributed by atoms with Crippen LogP contribution >= 0.6 is 0 Å². The van der Waals surface area contributed by atoms with Crippen LogP contribution in [0.4, 0.5) is 13.2 Å². The van der Waals surface area contributed by atoms with Crippen molar-refractivity contribution in [2.24, 2.45) is 5.41 Å². The number of alkyl halides is 3. The van der Waals surface area contributed by atoms with Crippen LogP contribution in [0.3, 0.4) is 0 Å². The summed E-state index contributed by atoms with van der Waals surface area (Å²) in [5.74, 6) is 0. The van der Waals surface area contributed by atoms with Crippen LogP contribution in [0.5, 0.6) is 0 Å². The van der Waals surface area contributed by atoms with Gasteiger partial charge in [0.15, 0.2) is 5.69 Å². The molecule has 0 radical (unpaired) electrons. The maximum Gasteiger partial charge on any atom is 0.435 e. The van der Waals surface area contributed by atoms with Gasteiger partial charge in [-0.05, 0) is 23.5 Å². The SMILES string of the molecule is CC(C)(C)Cc1ccnnc1C(F)(F)F. The topological polar surface area (TPSA) is 25.8 Å². The van der Waals surface area contributed by atoms with E-state index in [-0.39, 0.29) is 11.0 Å². The van der Waals surface area contributed by atoms with Crippen molar-refractivity contribution >= 4 is 0 Å². The van der Waals surface area contributed by atoms with E-state index in [9.17, 15) is 13.2 Å². The molecule has 0 fully saturated rings. The second-order valence-corrected chi connectivity index (χ2v) is 4.64. The van der Waals surface area contributed by atoms with Crippen molar-refractivity contribution in [3.63, 3.8) is 0 Å². The molecule has 0 aliphatic rings. The van der Waals surface area contributed by atoms with Gasteiger partial charge in [-0.1, -0.05) is 20.8 Å². The highest BCUT2D eigenvalue weighted by molar-refractivity contribution is 5.21. The number of hydrogen-bond donors (Lipinski definition) is 0. The van der Waals surface area contributed by atoms with Gasteiger partial charge in [0, 0.05) is 6.20 Å². The third-order valence-electron chi connectivity index (χ3n) is 1.79. The van der Waals surface area contributed by atoms with Gasteiger partial charge in [-0.15, -0.1) is 5.10 Å². The molecule has 0 unspecified atom stereocenters. The van der Waals surface area contributed by atoms with Crippen LogP contribution in [0.25, 0.3) is 0 Å². The van der Waals surface area contributed by atoms with Crippen LogP contribution in [-0.4, -0.2) is 10.2 Å². The van der Waals surface area contributed by atoms with Crippen molar-refractivity contribution < 1.29 is 13.2 Å². The molecule has 5 heteroatoms. The Labute approximate surface area is 86.5 Å². The fourth-order valence-corrected chi connectivity index (χ4v) is 1.31. The van der Waals surface area contributed by atoms with Crippen LogP contribution in [-0.2, 0) is 12.6 Å². The maximum atomic E-state index is 12.5. The van der Waals surface area contributed by atoms with Gasteiger partial charge in [0.25, 0.3) is 0 Å². The largest absolute Gasteiger partial charge is 0.435 e. The molecule has 0 saturated heterocycles. The summed E-state index contributed by atoms with van der Waals surface area (Å²) in [4.78, 5) is 0. The van der Waals surface area contributed by atoms with Gasteiger partial charge < -0.3 is 0 Å². The molecule has 0 bridgehead atoms. The van der Waals surface area contributed by atoms with Gasteiger partial charge in [-0.3, -0.25) is 0 Å². The van der Waals surface area contributed by atoms with Gasteiger partial charge in [0.1, 0.15) is 0 Å². The molecule has 0 atom stereocenters. The van der Waals surface area contributed by atoms with Crippen LogP contribution < -0.4 is 0 Å². The molecule has 1 aromatic heterocycles. The number of aromatic nitrogens is 2. The third kappa shape index (κ3) is 3.49. The summed E-state index contributed by atoms with van der Waals surface area (Å²) in [6, 6.07) is 1.38. The van der Waals surface area contributed by atoms with Crippen molar-refractivity contribution in [2.75, 3.05) is 0 Å². The summed E-state index contributed by atoms with van der Waals surface area (Å²) in [7, 11) is 0. The minimum atomic E-state index is -4.42. The molecular weight excluding hydrogens is 205 g/mol. The first-order valence-corrected chi connectivity index (χ1v) is 4.58. The van der Waals surface area contributed by atoms with E-state index in [2.05, 4.69) is 10.2 Å². The number of nitrogens with zero attached hydrogens (tertiary/aromatic N) is 2. The molecule has 1 aromatic rings. The highest BCUT2D eigenvalue weighted by Crippen LogP contribution is 2.32. The Balaban J connectivity index is 3.08. The number of rotatable bonds is 1. The Hall–Kier alpha value is -1.13. The summed E-state index contributed by atoms with van der Waals surface area (Å²) in [6.45, 7) is 5.65. The van der Waals surface area contributed by atoms with Crippen molar-refractivity contribution in [3.05, 3.63) is 23.5 Å². The molecule has 84 valence electrons. The molecule has 0 spiro atoms. The van der Waals surface area contributed by atoms with E-state index in [4.69, 9.17) is 0 Å². The van der Waals surface area contributed by atoms with Gasteiger partial charge >= 0.3 is 6.18 Å². The normalized spacial score (nSPS) is 12.9. The van der Waals surface area contributed by atoms with Gasteiger partial charge in [0.2, 0.25) is 0 Å². The van der Waals surface area contributed by atoms with Gasteiger partial charge in [-0.25, -0.2) is 0 Å². The molecule has 1 rings (SSSR count). The summed E-state index contributed by atoms with van der Waals surface area (Å²) >= 11 is 0. The highest BCUT2D eigenvalue weighted by atomic mass is 19.4. The van der Waals surface area contributed by atoms with Crippen LogP contribution in [0.15, 0.2) is 12.3 Å². The predicted molar refractivity (Wildman–Crippen MR) is 50.2 cm³/mol. The van der Waals surface area contributed by atoms with E-state index in [1.807, 2.05) is 20.8 Å². The molecule has 0 aliphatic heterocycles. The van der Waals surface area contributed by atoms with E-state index in [0.29, 0.717) is 6.42 Å². The Bertz CT molecular complexity index is 339. The molecule has 0 aliphatic carbocycles. The maximum absolute atomic E-state index is 12.5. The van der Waals surface area contributed by atoms with Crippen LogP contribution in [0, 0.1) is 5.41 Å². The minimum absolute atomic E-state index is 0.199. The fraction of sp³-hybridized carbons (Fsp3) is 0.600. The van der Waals surface area contributed by atoms with Crippen molar-refractivity contribution in [3.8, 4) is 0 Å². The molecule has 0 aromatic carbocycles. The highest BCUT2D eigenvalue weighted by Gasteiger charge is 2.36. The molecule has 0 amide bonds. The van der Waals surface area contributed by atoms with E-state index in [1.54, 1.807) is 0 Å². The molecule has 0 saturated carbocycles. The standard InChI is InChI=1S/C10H13F3N2/c1-9(2,3)6-7-4-5-14-15-8(7)10(11,12)13/h4-5H,6H2,1-3H3. The molecule has 1 heterocycles. The molecular formula is C10H13F3N2. The average molecular weight is 218 g/mol. The van der Waals surface area contributed by atoms with Crippen LogP contribution in [0.1, 0.15) is 32.0 Å². The van der Waals surface area contributed by atoms with Crippen molar-refractivity contribution in [2.45, 2.75) is 33.4 Å². The lowest BCUT2D eigenvalue weighted by Crippen LogP contribution is -2.17. The lowest BCUT2D eigenvalue weighted by Gasteiger charge is -2.20. The van der Waals surface area contributed by atoms with Crippen molar-refractivity contribution in [1.29, 1.82) is 0 Å². The van der Waals surface area contributed by atoms with Gasteiger partial charge in [-0.2, -0.15) is 18.3 Å². The van der Waals surface area contributed by atoms with E-state index >= 15 is 0 Å². The third-order valence-corrected chi connectivity index (χ3v) is 1.79. The van der Waals surface area contributed by atoms with Crippen molar-refractivity contribution in [1.82, 2.24) is 10.2 Å². The number of halogens is 3. The Morgan fingerprint density at radius 1 is 1.20 bits per heavy atom. The average Bonchev–Trinajstić information content (AvgIpc) is 1.99. The molecule has 2 nitrogen and oxygen atoms in total. The Morgan fingerprint density at radius 2 is 1.80 bits per heavy atom. The van der Waals surface area contributed by atoms with E-state index in [1.165, 1.54) is 12.3 Å². The second kappa shape index (κ2) is 3.79. The zero-order valence-corrected chi connectivity index (χ0v) is 8.89. The fourth-order valence-electron chi connectivity index (χ4n) is 1.31. The summed E-state index contributed by atoms with van der Waals surface area (Å²) in [5.41, 5.74) is -0.881. The van der Waals surface area contributed by atoms with E-state index in [0.717, 1.165) is 0 Å². The van der Waals surface area contributed by atoms with E-state index < -0.39 is 11.9 Å². The van der Waals surface area contributed by atoms with Crippen LogP contribution in [0.2, 0.25) is 0 Å². The zero-order valence-electron chi connectivity index (χ0n) is 8.89. The summed E-state index contributed by atoms with van der Waals surface area (Å²) in [5, 5.41) is 6.43. The monoisotopic (exact) mass is 218 g/mol. The first-order valence-electron chi connectivity index (χ1n) is 4.58. The Kier molecular flexibility index (Phi) is 3.02. The smallest absolute Gasteiger partial charge is 0.164 e. The second-order valence-electron chi connectivity index (χ2n) is 4.64. The quantitative estimate of drug-likeness (QED) is 0.723. The first-order chi connectivity index (χ1) is 6.70. The Morgan fingerprint density at radius 3 is 2.27 bits per heavy atom. The summed E-state index contributed by atoms with van der Waals surface area (Å²) < 4.78 is 37.6. The lowest BCUT2D eigenvalue weighted by molar-refractivity contribution is -0.142. The molecule has 0 N–H and O–H groups in total. The molecule has 15 heavy (non-hydrogen) atoms. The lowest BCUT2D eigenvalue weighted by atomic mass is 9.87.